The van der Waals surface area contributed by atoms with Gasteiger partial charge in [0.25, 0.3) is 0 Å². The fourth-order valence-electron chi connectivity index (χ4n) is 3.44. The molecule has 0 unspecified atom stereocenters. The van der Waals surface area contributed by atoms with Crippen LogP contribution in [-0.2, 0) is 6.54 Å². The van der Waals surface area contributed by atoms with Crippen molar-refractivity contribution in [3.63, 3.8) is 0 Å². The third-order valence-electron chi connectivity index (χ3n) is 4.43. The van der Waals surface area contributed by atoms with E-state index in [9.17, 15) is 5.11 Å². The lowest BCUT2D eigenvalue weighted by Crippen LogP contribution is -3.00. The second kappa shape index (κ2) is 5.09. The minimum atomic E-state index is -0.0498. The Labute approximate surface area is 114 Å². The lowest BCUT2D eigenvalue weighted by atomic mass is 9.83. The zero-order chi connectivity index (χ0) is 11.0. The van der Waals surface area contributed by atoms with Gasteiger partial charge >= 0.3 is 0 Å². The molecule has 0 spiro atoms. The molecule has 1 aromatic rings. The zero-order valence-electron chi connectivity index (χ0n) is 10.1. The minimum Gasteiger partial charge on any atom is -1.00 e. The first kappa shape index (κ1) is 13.1. The monoisotopic (exact) mass is 297 g/mol. The Morgan fingerprint density at radius 2 is 1.76 bits per heavy atom. The van der Waals surface area contributed by atoms with Crippen molar-refractivity contribution in [3.8, 4) is 0 Å². The molecule has 94 valence electrons. The maximum Gasteiger partial charge on any atom is 0.106 e. The van der Waals surface area contributed by atoms with Crippen LogP contribution in [0, 0.1) is 5.92 Å². The summed E-state index contributed by atoms with van der Waals surface area (Å²) < 4.78 is 1.11. The molecule has 0 aliphatic carbocycles. The molecular weight excluding hydrogens is 278 g/mol. The van der Waals surface area contributed by atoms with E-state index in [1.807, 2.05) is 0 Å². The van der Waals surface area contributed by atoms with Crippen LogP contribution in [0.2, 0.25) is 0 Å². The molecule has 0 aromatic heterocycles. The molecule has 3 heteroatoms. The van der Waals surface area contributed by atoms with Crippen LogP contribution in [-0.4, -0.2) is 35.3 Å². The number of piperidine rings is 3. The summed E-state index contributed by atoms with van der Waals surface area (Å²) in [6, 6.07) is 10.7. The molecule has 0 radical (unpaired) electrons. The Kier molecular flexibility index (Phi) is 3.91. The lowest BCUT2D eigenvalue weighted by molar-refractivity contribution is -0.958. The normalized spacial score (nSPS) is 35.4. The van der Waals surface area contributed by atoms with Gasteiger partial charge in [-0.1, -0.05) is 30.3 Å². The van der Waals surface area contributed by atoms with E-state index >= 15 is 0 Å². The van der Waals surface area contributed by atoms with E-state index in [1.54, 1.807) is 0 Å². The molecule has 3 aliphatic heterocycles. The van der Waals surface area contributed by atoms with E-state index < -0.39 is 0 Å². The van der Waals surface area contributed by atoms with Gasteiger partial charge in [-0.05, 0) is 0 Å². The van der Waals surface area contributed by atoms with Crippen LogP contribution in [0.15, 0.2) is 30.3 Å². The SMILES string of the molecule is O[C@@H]1C[N+]2(Cc3ccccc3)CCC1CC2.[Br-]. The highest BCUT2D eigenvalue weighted by Gasteiger charge is 2.44. The number of rotatable bonds is 2. The Bertz CT molecular complexity index is 360. The van der Waals surface area contributed by atoms with E-state index in [0.717, 1.165) is 17.6 Å². The second-order valence-electron chi connectivity index (χ2n) is 5.52. The summed E-state index contributed by atoms with van der Waals surface area (Å²) in [6.45, 7) is 4.59. The van der Waals surface area contributed by atoms with Gasteiger partial charge in [0.05, 0.1) is 13.1 Å². The van der Waals surface area contributed by atoms with Crippen molar-refractivity contribution in [2.45, 2.75) is 25.5 Å². The van der Waals surface area contributed by atoms with Gasteiger partial charge in [-0.2, -0.15) is 0 Å². The van der Waals surface area contributed by atoms with Gasteiger partial charge < -0.3 is 26.6 Å². The summed E-state index contributed by atoms with van der Waals surface area (Å²) in [5.41, 5.74) is 1.41. The van der Waals surface area contributed by atoms with E-state index in [2.05, 4.69) is 30.3 Å². The summed E-state index contributed by atoms with van der Waals surface area (Å²) in [5, 5.41) is 10.0. The Balaban J connectivity index is 0.00000108. The van der Waals surface area contributed by atoms with Crippen LogP contribution in [0.25, 0.3) is 0 Å². The minimum absolute atomic E-state index is 0. The molecule has 4 rings (SSSR count). The van der Waals surface area contributed by atoms with Crippen molar-refractivity contribution < 1.29 is 26.6 Å². The molecular formula is C14H20BrNO. The van der Waals surface area contributed by atoms with E-state index in [1.165, 1.54) is 31.5 Å². The third-order valence-corrected chi connectivity index (χ3v) is 4.43. The number of hydrogen-bond donors (Lipinski definition) is 1. The van der Waals surface area contributed by atoms with Crippen molar-refractivity contribution in [1.82, 2.24) is 0 Å². The first-order valence-corrected chi connectivity index (χ1v) is 6.35. The molecule has 1 N–H and O–H groups in total. The summed E-state index contributed by atoms with van der Waals surface area (Å²) in [5.74, 6) is 0.593. The first-order chi connectivity index (χ1) is 7.77. The predicted octanol–water partition coefficient (Wildman–Crippen LogP) is -1.21. The van der Waals surface area contributed by atoms with Crippen LogP contribution >= 0.6 is 0 Å². The highest BCUT2D eigenvalue weighted by Crippen LogP contribution is 2.35. The van der Waals surface area contributed by atoms with Crippen LogP contribution < -0.4 is 17.0 Å². The maximum atomic E-state index is 10.0. The molecule has 2 nitrogen and oxygen atoms in total. The molecule has 0 amide bonds. The first-order valence-electron chi connectivity index (χ1n) is 6.35. The third kappa shape index (κ3) is 2.56. The Morgan fingerprint density at radius 3 is 2.35 bits per heavy atom. The number of nitrogens with zero attached hydrogens (tertiary/aromatic N) is 1. The van der Waals surface area contributed by atoms with Gasteiger partial charge in [-0.15, -0.1) is 0 Å². The number of halogens is 1. The quantitative estimate of drug-likeness (QED) is 0.680. The summed E-state index contributed by atoms with van der Waals surface area (Å²) in [6.07, 6.45) is 2.38. The average molecular weight is 298 g/mol. The molecule has 3 aliphatic rings. The standard InChI is InChI=1S/C14H20NO.BrH/c16-14-11-15(8-6-13(14)7-9-15)10-12-4-2-1-3-5-12;/h1-5,13-14,16H,6-11H2;1H/q+1;/p-1/t13?,14-,15?;/m1./s1. The highest BCUT2D eigenvalue weighted by molar-refractivity contribution is 5.13. The van der Waals surface area contributed by atoms with Crippen molar-refractivity contribution in [2.75, 3.05) is 19.6 Å². The fourth-order valence-corrected chi connectivity index (χ4v) is 3.44. The molecule has 2 bridgehead atoms. The number of aliphatic hydroxyl groups is 1. The van der Waals surface area contributed by atoms with Crippen LogP contribution in [0.4, 0.5) is 0 Å². The van der Waals surface area contributed by atoms with Crippen molar-refractivity contribution in [2.24, 2.45) is 5.92 Å². The van der Waals surface area contributed by atoms with Gasteiger partial charge in [0.15, 0.2) is 0 Å². The maximum absolute atomic E-state index is 10.0. The van der Waals surface area contributed by atoms with E-state index in [0.29, 0.717) is 5.92 Å². The van der Waals surface area contributed by atoms with Crippen molar-refractivity contribution in [3.05, 3.63) is 35.9 Å². The lowest BCUT2D eigenvalue weighted by Gasteiger charge is -2.51. The number of fused-ring (bicyclic) bond motifs is 3. The van der Waals surface area contributed by atoms with E-state index in [4.69, 9.17) is 0 Å². The van der Waals surface area contributed by atoms with Crippen molar-refractivity contribution in [1.29, 1.82) is 0 Å². The van der Waals surface area contributed by atoms with Gasteiger partial charge in [0.2, 0.25) is 0 Å². The Morgan fingerprint density at radius 1 is 1.12 bits per heavy atom. The number of hydrogen-bond acceptors (Lipinski definition) is 1. The molecule has 3 saturated heterocycles. The Hall–Kier alpha value is -0.380. The average Bonchev–Trinajstić information content (AvgIpc) is 2.31. The van der Waals surface area contributed by atoms with Crippen LogP contribution in [0.1, 0.15) is 18.4 Å². The molecule has 1 atom stereocenters. The number of benzene rings is 1. The van der Waals surface area contributed by atoms with Gasteiger partial charge in [0, 0.05) is 24.3 Å². The second-order valence-corrected chi connectivity index (χ2v) is 5.52. The van der Waals surface area contributed by atoms with Gasteiger partial charge in [-0.25, -0.2) is 0 Å². The number of aliphatic hydroxyl groups excluding tert-OH is 1. The van der Waals surface area contributed by atoms with Crippen LogP contribution in [0.5, 0.6) is 0 Å². The molecule has 17 heavy (non-hydrogen) atoms. The molecule has 3 fully saturated rings. The van der Waals surface area contributed by atoms with Crippen molar-refractivity contribution >= 4 is 0 Å². The van der Waals surface area contributed by atoms with Crippen LogP contribution in [0.3, 0.4) is 0 Å². The predicted molar refractivity (Wildman–Crippen MR) is 63.7 cm³/mol. The summed E-state index contributed by atoms with van der Waals surface area (Å²) in [4.78, 5) is 0. The molecule has 0 saturated carbocycles. The van der Waals surface area contributed by atoms with E-state index in [-0.39, 0.29) is 23.1 Å². The zero-order valence-corrected chi connectivity index (χ0v) is 11.6. The largest absolute Gasteiger partial charge is 1.00 e. The number of quaternary nitrogens is 1. The summed E-state index contributed by atoms with van der Waals surface area (Å²) >= 11 is 0. The highest BCUT2D eigenvalue weighted by atomic mass is 79.9. The smallest absolute Gasteiger partial charge is 0.106 e. The topological polar surface area (TPSA) is 20.2 Å². The molecule has 3 heterocycles. The van der Waals surface area contributed by atoms with Gasteiger partial charge in [-0.3, -0.25) is 0 Å². The summed E-state index contributed by atoms with van der Waals surface area (Å²) in [7, 11) is 0. The van der Waals surface area contributed by atoms with Gasteiger partial charge in [0.1, 0.15) is 19.2 Å². The fraction of sp³-hybridized carbons (Fsp3) is 0.571. The molecule has 1 aromatic carbocycles.